The number of nitro groups is 1. The smallest absolute Gasteiger partial charge is 0.282 e. The SMILES string of the molecule is COc1cccc(N(CCCN2C(=O)c3cccc4cccc(c34)C2=O)C(=O)c2ccccc2[N+](=O)[O-])c1. The number of anilines is 1. The highest BCUT2D eigenvalue weighted by atomic mass is 16.6. The number of rotatable bonds is 8. The third kappa shape index (κ3) is 4.34. The van der Waals surface area contributed by atoms with Crippen molar-refractivity contribution in [3.63, 3.8) is 0 Å². The van der Waals surface area contributed by atoms with Gasteiger partial charge in [-0.15, -0.1) is 0 Å². The number of hydrogen-bond donors (Lipinski definition) is 0. The van der Waals surface area contributed by atoms with E-state index in [2.05, 4.69) is 0 Å². The number of hydrogen-bond acceptors (Lipinski definition) is 6. The molecular formula is C29H23N3O6. The van der Waals surface area contributed by atoms with Gasteiger partial charge in [0.1, 0.15) is 11.3 Å². The Morgan fingerprint density at radius 1 is 0.921 bits per heavy atom. The third-order valence-electron chi connectivity index (χ3n) is 6.56. The number of para-hydroxylation sites is 1. The Hall–Kier alpha value is -5.05. The van der Waals surface area contributed by atoms with E-state index in [9.17, 15) is 24.5 Å². The minimum absolute atomic E-state index is 0.0625. The van der Waals surface area contributed by atoms with Crippen molar-refractivity contribution < 1.29 is 24.0 Å². The number of nitro benzene ring substituents is 1. The predicted octanol–water partition coefficient (Wildman–Crippen LogP) is 5.09. The fraction of sp³-hybridized carbons (Fsp3) is 0.138. The van der Waals surface area contributed by atoms with Crippen molar-refractivity contribution in [1.29, 1.82) is 0 Å². The standard InChI is InChI=1S/C29H23N3O6/c1-38-21-11-6-10-20(18-21)30(27(33)22-12-2-3-15-25(22)32(36)37)16-7-17-31-28(34)23-13-4-8-19-9-5-14-24(26(19)23)29(31)35/h2-6,8-15,18H,7,16-17H2,1H3. The van der Waals surface area contributed by atoms with Gasteiger partial charge in [-0.25, -0.2) is 0 Å². The molecular weight excluding hydrogens is 486 g/mol. The van der Waals surface area contributed by atoms with Gasteiger partial charge in [0.15, 0.2) is 0 Å². The van der Waals surface area contributed by atoms with Gasteiger partial charge < -0.3 is 9.64 Å². The quantitative estimate of drug-likeness (QED) is 0.186. The topological polar surface area (TPSA) is 110 Å². The number of benzene rings is 4. The number of carbonyl (C=O) groups is 3. The van der Waals surface area contributed by atoms with E-state index in [1.165, 1.54) is 35.1 Å². The highest BCUT2D eigenvalue weighted by Gasteiger charge is 2.33. The molecule has 0 saturated carbocycles. The zero-order valence-electron chi connectivity index (χ0n) is 20.5. The van der Waals surface area contributed by atoms with Gasteiger partial charge in [0, 0.05) is 47.4 Å². The van der Waals surface area contributed by atoms with Crippen LogP contribution in [0.15, 0.2) is 84.9 Å². The lowest BCUT2D eigenvalue weighted by molar-refractivity contribution is -0.385. The zero-order chi connectivity index (χ0) is 26.8. The summed E-state index contributed by atoms with van der Waals surface area (Å²) in [5, 5.41) is 13.1. The summed E-state index contributed by atoms with van der Waals surface area (Å²) in [6.07, 6.45) is 0.249. The van der Waals surface area contributed by atoms with Crippen LogP contribution in [-0.4, -0.2) is 47.7 Å². The summed E-state index contributed by atoms with van der Waals surface area (Å²) in [5.74, 6) is -0.847. The molecule has 9 nitrogen and oxygen atoms in total. The zero-order valence-corrected chi connectivity index (χ0v) is 20.5. The normalized spacial score (nSPS) is 12.5. The maximum atomic E-state index is 13.6. The number of methoxy groups -OCH3 is 1. The highest BCUT2D eigenvalue weighted by molar-refractivity contribution is 6.25. The Bertz CT molecular complexity index is 1550. The Kier molecular flexibility index (Phi) is 6.57. The lowest BCUT2D eigenvalue weighted by Crippen LogP contribution is -2.42. The number of carbonyl (C=O) groups excluding carboxylic acids is 3. The minimum Gasteiger partial charge on any atom is -0.497 e. The van der Waals surface area contributed by atoms with Gasteiger partial charge in [-0.3, -0.25) is 29.4 Å². The lowest BCUT2D eigenvalue weighted by atomic mass is 9.94. The number of ether oxygens (including phenoxy) is 1. The summed E-state index contributed by atoms with van der Waals surface area (Å²) < 4.78 is 5.30. The molecule has 9 heteroatoms. The summed E-state index contributed by atoms with van der Waals surface area (Å²) >= 11 is 0. The molecule has 1 heterocycles. The minimum atomic E-state index is -0.597. The summed E-state index contributed by atoms with van der Waals surface area (Å²) in [4.78, 5) is 53.7. The van der Waals surface area contributed by atoms with Crippen LogP contribution in [0.3, 0.4) is 0 Å². The van der Waals surface area contributed by atoms with Crippen molar-refractivity contribution in [2.24, 2.45) is 0 Å². The van der Waals surface area contributed by atoms with Crippen molar-refractivity contribution >= 4 is 39.9 Å². The average molecular weight is 510 g/mol. The van der Waals surface area contributed by atoms with Crippen LogP contribution in [0.5, 0.6) is 5.75 Å². The second-order valence-corrected chi connectivity index (χ2v) is 8.76. The van der Waals surface area contributed by atoms with Gasteiger partial charge in [-0.2, -0.15) is 0 Å². The van der Waals surface area contributed by atoms with Gasteiger partial charge in [0.25, 0.3) is 23.4 Å². The van der Waals surface area contributed by atoms with Crippen LogP contribution in [0.2, 0.25) is 0 Å². The molecule has 0 atom stereocenters. The van der Waals surface area contributed by atoms with E-state index in [0.717, 1.165) is 5.39 Å². The van der Waals surface area contributed by atoms with Crippen LogP contribution in [-0.2, 0) is 0 Å². The fourth-order valence-corrected chi connectivity index (χ4v) is 4.76. The van der Waals surface area contributed by atoms with E-state index in [0.29, 0.717) is 28.0 Å². The van der Waals surface area contributed by atoms with Crippen molar-refractivity contribution in [3.8, 4) is 5.75 Å². The molecule has 38 heavy (non-hydrogen) atoms. The van der Waals surface area contributed by atoms with Crippen LogP contribution in [0, 0.1) is 10.1 Å². The van der Waals surface area contributed by atoms with Crippen molar-refractivity contribution in [1.82, 2.24) is 4.90 Å². The largest absolute Gasteiger partial charge is 0.497 e. The molecule has 0 bridgehead atoms. The number of amides is 3. The molecule has 1 aliphatic heterocycles. The second kappa shape index (κ2) is 10.1. The van der Waals surface area contributed by atoms with E-state index in [1.54, 1.807) is 54.6 Å². The molecule has 4 aromatic rings. The Labute approximate surface area is 218 Å². The molecule has 0 radical (unpaired) electrons. The summed E-state index contributed by atoms with van der Waals surface area (Å²) in [6.45, 7) is 0.161. The van der Waals surface area contributed by atoms with Crippen LogP contribution in [0.25, 0.3) is 10.8 Å². The molecule has 4 aromatic carbocycles. The Morgan fingerprint density at radius 3 is 2.24 bits per heavy atom. The van der Waals surface area contributed by atoms with E-state index in [1.807, 2.05) is 12.1 Å². The second-order valence-electron chi connectivity index (χ2n) is 8.76. The highest BCUT2D eigenvalue weighted by Crippen LogP contribution is 2.31. The van der Waals surface area contributed by atoms with E-state index in [4.69, 9.17) is 4.74 Å². The number of imide groups is 1. The summed E-state index contributed by atoms with van der Waals surface area (Å²) in [7, 11) is 1.50. The van der Waals surface area contributed by atoms with Crippen LogP contribution in [0.1, 0.15) is 37.5 Å². The Balaban J connectivity index is 1.43. The first-order chi connectivity index (χ1) is 18.4. The van der Waals surface area contributed by atoms with Crippen molar-refractivity contribution in [2.45, 2.75) is 6.42 Å². The fourth-order valence-electron chi connectivity index (χ4n) is 4.76. The molecule has 3 amide bonds. The van der Waals surface area contributed by atoms with Gasteiger partial charge >= 0.3 is 0 Å². The van der Waals surface area contributed by atoms with Crippen molar-refractivity contribution in [3.05, 3.63) is 112 Å². The van der Waals surface area contributed by atoms with E-state index in [-0.39, 0.29) is 30.8 Å². The maximum Gasteiger partial charge on any atom is 0.282 e. The average Bonchev–Trinajstić information content (AvgIpc) is 2.95. The summed E-state index contributed by atoms with van der Waals surface area (Å²) in [5.41, 5.74) is 1.01. The molecule has 5 rings (SSSR count). The van der Waals surface area contributed by atoms with Gasteiger partial charge in [-0.05, 0) is 42.1 Å². The first-order valence-corrected chi connectivity index (χ1v) is 12.0. The van der Waals surface area contributed by atoms with Gasteiger partial charge in [-0.1, -0.05) is 42.5 Å². The predicted molar refractivity (Wildman–Crippen MR) is 142 cm³/mol. The molecule has 0 fully saturated rings. The lowest BCUT2D eigenvalue weighted by Gasteiger charge is -2.29. The van der Waals surface area contributed by atoms with Gasteiger partial charge in [0.05, 0.1) is 12.0 Å². The van der Waals surface area contributed by atoms with Crippen LogP contribution in [0.4, 0.5) is 11.4 Å². The molecule has 0 aromatic heterocycles. The van der Waals surface area contributed by atoms with E-state index < -0.39 is 22.6 Å². The molecule has 0 N–H and O–H groups in total. The molecule has 0 saturated heterocycles. The van der Waals surface area contributed by atoms with Crippen LogP contribution < -0.4 is 9.64 Å². The molecule has 0 unspecified atom stereocenters. The van der Waals surface area contributed by atoms with Crippen molar-refractivity contribution in [2.75, 3.05) is 25.1 Å². The maximum absolute atomic E-state index is 13.6. The molecule has 0 spiro atoms. The molecule has 190 valence electrons. The Morgan fingerprint density at radius 2 is 1.58 bits per heavy atom. The third-order valence-corrected chi connectivity index (χ3v) is 6.56. The molecule has 1 aliphatic rings. The monoisotopic (exact) mass is 509 g/mol. The van der Waals surface area contributed by atoms with E-state index >= 15 is 0 Å². The number of nitrogens with zero attached hydrogens (tertiary/aromatic N) is 3. The van der Waals surface area contributed by atoms with Gasteiger partial charge in [0.2, 0.25) is 0 Å². The summed E-state index contributed by atoms with van der Waals surface area (Å²) in [6, 6.07) is 23.2. The first kappa shape index (κ1) is 24.6. The first-order valence-electron chi connectivity index (χ1n) is 12.0. The molecule has 0 aliphatic carbocycles. The van der Waals surface area contributed by atoms with Crippen LogP contribution >= 0.6 is 0 Å².